The summed E-state index contributed by atoms with van der Waals surface area (Å²) >= 11 is 0. The predicted octanol–water partition coefficient (Wildman–Crippen LogP) is 7.06. The second kappa shape index (κ2) is 14.4. The van der Waals surface area contributed by atoms with Crippen molar-refractivity contribution in [2.45, 2.75) is 144 Å². The first-order valence-corrected chi connectivity index (χ1v) is 21.2. The number of rotatable bonds is 10. The Kier molecular flexibility index (Phi) is 10.6. The first-order chi connectivity index (χ1) is 25.9. The van der Waals surface area contributed by atoms with Crippen molar-refractivity contribution in [3.63, 3.8) is 0 Å². The van der Waals surface area contributed by atoms with Gasteiger partial charge in [-0.3, -0.25) is 4.79 Å². The van der Waals surface area contributed by atoms with Gasteiger partial charge in [0.15, 0.2) is 0 Å². The predicted molar refractivity (Wildman–Crippen MR) is 209 cm³/mol. The standard InChI is InChI=1S/C43H69N5O7/c1-26(2)28(5)38(6)15-16-40(8)29-11-12-32-39(7)22-53-24-43(32,30(29)13-14-41(40,9)36(38)55-37(50)51)21-31(48-34(45-25-46-48)35(49)47-27(3)4)33(39)54-23-42(44-10)17-19-52-20-18-42/h13,25-29,31-33,36,44H,11-12,14-24H2,1-10H3,(H,47,49)(H,50,51)/t28-,29+,31-,32+,33+,36-,38-,39-,40-,41-,43+/m1/s1. The van der Waals surface area contributed by atoms with Crippen LogP contribution in [0.3, 0.4) is 0 Å². The molecular weight excluding hydrogens is 699 g/mol. The minimum absolute atomic E-state index is 0.0512. The number of fused-ring (bicyclic) bond motifs is 3. The van der Waals surface area contributed by atoms with Crippen molar-refractivity contribution in [1.82, 2.24) is 25.4 Å². The van der Waals surface area contributed by atoms with E-state index in [-0.39, 0.29) is 63.1 Å². The number of likely N-dealkylation sites (N-methyl/N-ethyl adjacent to an activating group) is 1. The molecule has 2 aliphatic heterocycles. The first kappa shape index (κ1) is 40.6. The lowest BCUT2D eigenvalue weighted by Crippen LogP contribution is -2.70. The van der Waals surface area contributed by atoms with Crippen LogP contribution in [0.4, 0.5) is 4.79 Å². The Morgan fingerprint density at radius 3 is 2.38 bits per heavy atom. The number of nitrogens with one attached hydrogen (secondary N) is 2. The molecule has 308 valence electrons. The van der Waals surface area contributed by atoms with Crippen LogP contribution in [0.15, 0.2) is 18.0 Å². The normalized spacial score (nSPS) is 41.4. The summed E-state index contributed by atoms with van der Waals surface area (Å²) in [5.41, 5.74) is -0.306. The van der Waals surface area contributed by atoms with Gasteiger partial charge in [0.25, 0.3) is 5.91 Å². The monoisotopic (exact) mass is 768 g/mol. The molecule has 5 fully saturated rings. The molecule has 0 unspecified atom stereocenters. The van der Waals surface area contributed by atoms with Gasteiger partial charge < -0.3 is 34.7 Å². The van der Waals surface area contributed by atoms with Gasteiger partial charge in [0.05, 0.1) is 32.0 Å². The van der Waals surface area contributed by atoms with Crippen LogP contribution < -0.4 is 10.6 Å². The van der Waals surface area contributed by atoms with Crippen LogP contribution in [0, 0.1) is 50.7 Å². The second-order valence-corrected chi connectivity index (χ2v) is 20.1. The van der Waals surface area contributed by atoms with Crippen LogP contribution in [-0.2, 0) is 18.9 Å². The van der Waals surface area contributed by atoms with Crippen molar-refractivity contribution in [3.8, 4) is 0 Å². The van der Waals surface area contributed by atoms with E-state index in [2.05, 4.69) is 70.2 Å². The SMILES string of the molecule is CNC1(CO[C@H]2[C@H](n3ncnc3C(=O)NC(C)C)C[C@@]34COC[C@]2(C)[C@@H]3CC[C@H]2C4=CC[C@]3(C)[C@H](OC(=O)O)[C@@](C)([C@H](C)C(C)C)CC[C@]23C)CCOCC1. The van der Waals surface area contributed by atoms with Gasteiger partial charge in [0.2, 0.25) is 5.82 Å². The Morgan fingerprint density at radius 2 is 1.73 bits per heavy atom. The fourth-order valence-corrected chi connectivity index (χ4v) is 13.3. The second-order valence-electron chi connectivity index (χ2n) is 20.1. The van der Waals surface area contributed by atoms with E-state index in [9.17, 15) is 14.7 Å². The fourth-order valence-electron chi connectivity index (χ4n) is 13.3. The van der Waals surface area contributed by atoms with E-state index in [0.717, 1.165) is 44.9 Å². The first-order valence-electron chi connectivity index (χ1n) is 21.2. The van der Waals surface area contributed by atoms with Gasteiger partial charge in [0, 0.05) is 46.5 Å². The molecule has 1 aromatic rings. The fraction of sp³-hybridized carbons (Fsp3) is 0.860. The summed E-state index contributed by atoms with van der Waals surface area (Å²) in [7, 11) is 2.02. The molecule has 3 N–H and O–H groups in total. The minimum atomic E-state index is -1.18. The van der Waals surface area contributed by atoms with Crippen LogP contribution in [0.1, 0.15) is 130 Å². The highest BCUT2D eigenvalue weighted by atomic mass is 16.7. The molecule has 0 aromatic carbocycles. The summed E-state index contributed by atoms with van der Waals surface area (Å²) in [5.74, 6) is 1.28. The van der Waals surface area contributed by atoms with E-state index >= 15 is 0 Å². The Bertz CT molecular complexity index is 1640. The zero-order valence-electron chi connectivity index (χ0n) is 35.2. The average Bonchev–Trinajstić information content (AvgIpc) is 3.63. The van der Waals surface area contributed by atoms with E-state index in [1.165, 1.54) is 11.9 Å². The van der Waals surface area contributed by atoms with Crippen molar-refractivity contribution >= 4 is 12.1 Å². The van der Waals surface area contributed by atoms with Gasteiger partial charge in [0.1, 0.15) is 12.4 Å². The van der Waals surface area contributed by atoms with Gasteiger partial charge in [-0.25, -0.2) is 14.5 Å². The van der Waals surface area contributed by atoms with Crippen LogP contribution in [0.2, 0.25) is 0 Å². The lowest BCUT2D eigenvalue weighted by Gasteiger charge is -2.71. The molecule has 12 heteroatoms. The summed E-state index contributed by atoms with van der Waals surface area (Å²) < 4.78 is 27.8. The maximum Gasteiger partial charge on any atom is 0.506 e. The molecule has 3 heterocycles. The number of nitrogens with zero attached hydrogens (tertiary/aromatic N) is 3. The molecule has 7 rings (SSSR count). The highest BCUT2D eigenvalue weighted by Gasteiger charge is 2.72. The van der Waals surface area contributed by atoms with Gasteiger partial charge in [-0.1, -0.05) is 60.1 Å². The molecule has 1 amide bonds. The molecule has 55 heavy (non-hydrogen) atoms. The van der Waals surface area contributed by atoms with E-state index in [1.54, 1.807) is 0 Å². The lowest BCUT2D eigenvalue weighted by molar-refractivity contribution is -0.257. The van der Waals surface area contributed by atoms with E-state index in [1.807, 2.05) is 25.6 Å². The zero-order chi connectivity index (χ0) is 39.8. The van der Waals surface area contributed by atoms with Gasteiger partial charge >= 0.3 is 6.16 Å². The van der Waals surface area contributed by atoms with Crippen molar-refractivity contribution in [3.05, 3.63) is 23.8 Å². The molecule has 2 saturated heterocycles. The number of ether oxygens (including phenoxy) is 4. The number of carbonyl (C=O) groups is 2. The third-order valence-corrected chi connectivity index (χ3v) is 17.0. The highest BCUT2D eigenvalue weighted by molar-refractivity contribution is 5.90. The van der Waals surface area contributed by atoms with Crippen molar-refractivity contribution in [2.75, 3.05) is 40.1 Å². The quantitative estimate of drug-likeness (QED) is 0.167. The molecule has 1 aromatic heterocycles. The zero-order valence-corrected chi connectivity index (χ0v) is 35.2. The molecule has 0 spiro atoms. The third kappa shape index (κ3) is 6.20. The molecule has 2 bridgehead atoms. The van der Waals surface area contributed by atoms with Crippen LogP contribution in [0.5, 0.6) is 0 Å². The smallest absolute Gasteiger partial charge is 0.450 e. The summed E-state index contributed by atoms with van der Waals surface area (Å²) in [4.78, 5) is 30.8. The van der Waals surface area contributed by atoms with Crippen LogP contribution in [0.25, 0.3) is 0 Å². The maximum atomic E-state index is 13.7. The van der Waals surface area contributed by atoms with Gasteiger partial charge in [-0.15, -0.1) is 0 Å². The Hall–Kier alpha value is -2.54. The van der Waals surface area contributed by atoms with Crippen LogP contribution in [-0.4, -0.2) is 95.8 Å². The molecule has 0 radical (unpaired) electrons. The number of hydrogen-bond acceptors (Lipinski definition) is 9. The van der Waals surface area contributed by atoms with E-state index in [0.29, 0.717) is 57.1 Å². The number of carbonyl (C=O) groups excluding carboxylic acids is 1. The summed E-state index contributed by atoms with van der Waals surface area (Å²) in [6, 6.07) is -0.315. The van der Waals surface area contributed by atoms with E-state index < -0.39 is 17.7 Å². The van der Waals surface area contributed by atoms with Crippen molar-refractivity contribution in [1.29, 1.82) is 0 Å². The summed E-state index contributed by atoms with van der Waals surface area (Å²) in [6.07, 6.45) is 9.23. The largest absolute Gasteiger partial charge is 0.506 e. The molecule has 4 aliphatic carbocycles. The highest BCUT2D eigenvalue weighted by Crippen LogP contribution is 2.74. The Labute approximate surface area is 328 Å². The summed E-state index contributed by atoms with van der Waals surface area (Å²) in [6.45, 7) is 23.1. The number of carboxylic acid groups (broad SMARTS) is 1. The van der Waals surface area contributed by atoms with Crippen molar-refractivity contribution in [2.24, 2.45) is 50.7 Å². The third-order valence-electron chi connectivity index (χ3n) is 17.0. The lowest BCUT2D eigenvalue weighted by atomic mass is 9.35. The molecule has 6 aliphatic rings. The number of allylic oxidation sites excluding steroid dienone is 1. The number of hydrogen-bond donors (Lipinski definition) is 3. The van der Waals surface area contributed by atoms with Gasteiger partial charge in [-0.05, 0) is 101 Å². The summed E-state index contributed by atoms with van der Waals surface area (Å²) in [5, 5.41) is 21.7. The average molecular weight is 768 g/mol. The molecule has 11 atom stereocenters. The van der Waals surface area contributed by atoms with Gasteiger partial charge in [-0.2, -0.15) is 5.10 Å². The molecular formula is C43H69N5O7. The number of amides is 1. The number of aromatic nitrogens is 3. The Balaban J connectivity index is 1.33. The Morgan fingerprint density at radius 1 is 1.00 bits per heavy atom. The topological polar surface area (TPSA) is 146 Å². The van der Waals surface area contributed by atoms with Crippen molar-refractivity contribution < 1.29 is 33.6 Å². The van der Waals surface area contributed by atoms with Crippen LogP contribution >= 0.6 is 0 Å². The maximum absolute atomic E-state index is 13.7. The minimum Gasteiger partial charge on any atom is -0.450 e. The molecule has 12 nitrogen and oxygen atoms in total. The van der Waals surface area contributed by atoms with E-state index in [4.69, 9.17) is 24.0 Å². The molecule has 3 saturated carbocycles.